The number of rotatable bonds is 3. The Labute approximate surface area is 139 Å². The molecule has 4 rings (SSSR count). The van der Waals surface area contributed by atoms with Crippen LogP contribution in [0.15, 0.2) is 30.9 Å². The van der Waals surface area contributed by atoms with E-state index in [2.05, 4.69) is 15.1 Å². The summed E-state index contributed by atoms with van der Waals surface area (Å²) >= 11 is 0. The molecule has 2 aromatic heterocycles. The first-order valence-corrected chi connectivity index (χ1v) is 8.08. The molecule has 8 nitrogen and oxygen atoms in total. The van der Waals surface area contributed by atoms with Crippen molar-refractivity contribution in [3.63, 3.8) is 0 Å². The van der Waals surface area contributed by atoms with Gasteiger partial charge in [0.2, 0.25) is 5.91 Å². The number of fused-ring (bicyclic) bond motifs is 1. The van der Waals surface area contributed by atoms with Gasteiger partial charge in [0.05, 0.1) is 24.5 Å². The Morgan fingerprint density at radius 2 is 2.21 bits per heavy atom. The van der Waals surface area contributed by atoms with E-state index in [1.165, 1.54) is 12.4 Å². The zero-order valence-electron chi connectivity index (χ0n) is 13.2. The normalized spacial score (nSPS) is 20.3. The third-order valence-corrected chi connectivity index (χ3v) is 4.55. The number of hydrogen-bond donors (Lipinski definition) is 0. The molecule has 0 saturated carbocycles. The van der Waals surface area contributed by atoms with Gasteiger partial charge in [-0.2, -0.15) is 5.10 Å². The van der Waals surface area contributed by atoms with Crippen LogP contribution in [-0.4, -0.2) is 61.0 Å². The van der Waals surface area contributed by atoms with Gasteiger partial charge in [-0.15, -0.1) is 0 Å². The lowest BCUT2D eigenvalue weighted by Crippen LogP contribution is -2.45. The molecule has 0 N–H and O–H groups in total. The second-order valence-electron chi connectivity index (χ2n) is 6.14. The summed E-state index contributed by atoms with van der Waals surface area (Å²) in [6, 6.07) is 1.88. The first-order chi connectivity index (χ1) is 11.7. The van der Waals surface area contributed by atoms with Crippen LogP contribution < -0.4 is 0 Å². The molecule has 2 aromatic rings. The van der Waals surface area contributed by atoms with Crippen LogP contribution in [0.25, 0.3) is 0 Å². The zero-order chi connectivity index (χ0) is 16.5. The molecule has 1 saturated heterocycles. The van der Waals surface area contributed by atoms with Crippen LogP contribution in [0.1, 0.15) is 35.1 Å². The average molecular weight is 326 g/mol. The van der Waals surface area contributed by atoms with E-state index in [-0.39, 0.29) is 17.9 Å². The van der Waals surface area contributed by atoms with Gasteiger partial charge in [-0.1, -0.05) is 0 Å². The molecule has 8 heteroatoms. The predicted molar refractivity (Wildman–Crippen MR) is 83.9 cm³/mol. The molecule has 24 heavy (non-hydrogen) atoms. The molecule has 0 spiro atoms. The van der Waals surface area contributed by atoms with Gasteiger partial charge >= 0.3 is 0 Å². The Kier molecular flexibility index (Phi) is 3.72. The van der Waals surface area contributed by atoms with Crippen molar-refractivity contribution in [2.45, 2.75) is 25.4 Å². The second kappa shape index (κ2) is 6.03. The molecule has 0 bridgehead atoms. The van der Waals surface area contributed by atoms with Crippen molar-refractivity contribution >= 4 is 11.8 Å². The maximum atomic E-state index is 12.7. The van der Waals surface area contributed by atoms with E-state index >= 15 is 0 Å². The third-order valence-electron chi connectivity index (χ3n) is 4.55. The minimum Gasteiger partial charge on any atom is -0.340 e. The second-order valence-corrected chi connectivity index (χ2v) is 6.14. The molecule has 124 valence electrons. The van der Waals surface area contributed by atoms with E-state index in [9.17, 15) is 9.59 Å². The highest BCUT2D eigenvalue weighted by molar-refractivity contribution is 5.92. The highest BCUT2D eigenvalue weighted by atomic mass is 16.2. The van der Waals surface area contributed by atoms with E-state index in [0.717, 1.165) is 18.7 Å². The standard InChI is InChI=1S/C16H18N6O2/c23-15-2-1-7-20(15)10-13-11-21(9-12-3-4-19-22(12)13)16(24)14-8-17-5-6-18-14/h3-6,8,13H,1-2,7,9-11H2. The van der Waals surface area contributed by atoms with Crippen molar-refractivity contribution in [2.75, 3.05) is 19.6 Å². The summed E-state index contributed by atoms with van der Waals surface area (Å²) in [6.07, 6.45) is 7.80. The van der Waals surface area contributed by atoms with Crippen LogP contribution in [0.3, 0.4) is 0 Å². The van der Waals surface area contributed by atoms with Gasteiger partial charge in [-0.25, -0.2) is 4.98 Å². The molecule has 4 heterocycles. The van der Waals surface area contributed by atoms with Crippen molar-refractivity contribution in [1.29, 1.82) is 0 Å². The van der Waals surface area contributed by atoms with E-state index in [0.29, 0.717) is 31.7 Å². The van der Waals surface area contributed by atoms with E-state index in [4.69, 9.17) is 0 Å². The average Bonchev–Trinajstić information content (AvgIpc) is 3.24. The van der Waals surface area contributed by atoms with Crippen molar-refractivity contribution in [2.24, 2.45) is 0 Å². The maximum absolute atomic E-state index is 12.7. The highest BCUT2D eigenvalue weighted by Gasteiger charge is 2.32. The van der Waals surface area contributed by atoms with E-state index in [1.807, 2.05) is 15.6 Å². The summed E-state index contributed by atoms with van der Waals surface area (Å²) in [6.45, 7) is 2.36. The van der Waals surface area contributed by atoms with E-state index < -0.39 is 0 Å². The van der Waals surface area contributed by atoms with Crippen molar-refractivity contribution in [1.82, 2.24) is 29.5 Å². The number of aromatic nitrogens is 4. The summed E-state index contributed by atoms with van der Waals surface area (Å²) in [5.74, 6) is 0.0365. The topological polar surface area (TPSA) is 84.2 Å². The van der Waals surface area contributed by atoms with Gasteiger partial charge in [0.25, 0.3) is 5.91 Å². The van der Waals surface area contributed by atoms with E-state index in [1.54, 1.807) is 17.3 Å². The molecule has 0 aromatic carbocycles. The van der Waals surface area contributed by atoms with Crippen molar-refractivity contribution in [3.05, 3.63) is 42.2 Å². The Balaban J connectivity index is 1.56. The number of carbonyl (C=O) groups excluding carboxylic acids is 2. The number of amides is 2. The van der Waals surface area contributed by atoms with Crippen LogP contribution in [-0.2, 0) is 11.3 Å². The summed E-state index contributed by atoms with van der Waals surface area (Å²) in [5, 5.41) is 4.38. The fraction of sp³-hybridized carbons (Fsp3) is 0.438. The molecule has 1 fully saturated rings. The smallest absolute Gasteiger partial charge is 0.274 e. The Hall–Kier alpha value is -2.77. The minimum atomic E-state index is -0.145. The quantitative estimate of drug-likeness (QED) is 0.820. The van der Waals surface area contributed by atoms with Gasteiger partial charge in [0.1, 0.15) is 5.69 Å². The monoisotopic (exact) mass is 326 g/mol. The summed E-state index contributed by atoms with van der Waals surface area (Å²) < 4.78 is 1.94. The molecular weight excluding hydrogens is 308 g/mol. The van der Waals surface area contributed by atoms with Crippen LogP contribution >= 0.6 is 0 Å². The first kappa shape index (κ1) is 14.8. The lowest BCUT2D eigenvalue weighted by molar-refractivity contribution is -0.128. The largest absolute Gasteiger partial charge is 0.340 e. The molecule has 2 amide bonds. The lowest BCUT2D eigenvalue weighted by atomic mass is 10.1. The molecule has 2 aliphatic rings. The van der Waals surface area contributed by atoms with Gasteiger partial charge in [-0.05, 0) is 12.5 Å². The van der Waals surface area contributed by atoms with Crippen LogP contribution in [0.2, 0.25) is 0 Å². The van der Waals surface area contributed by atoms with Gasteiger partial charge in [0, 0.05) is 44.6 Å². The third kappa shape index (κ3) is 2.64. The fourth-order valence-electron chi connectivity index (χ4n) is 3.40. The van der Waals surface area contributed by atoms with Crippen LogP contribution in [0, 0.1) is 0 Å². The molecule has 1 unspecified atom stereocenters. The molecular formula is C16H18N6O2. The zero-order valence-corrected chi connectivity index (χ0v) is 13.2. The number of likely N-dealkylation sites (tertiary alicyclic amines) is 1. The fourth-order valence-corrected chi connectivity index (χ4v) is 3.40. The van der Waals surface area contributed by atoms with Crippen molar-refractivity contribution in [3.8, 4) is 0 Å². The van der Waals surface area contributed by atoms with Crippen LogP contribution in [0.4, 0.5) is 0 Å². The minimum absolute atomic E-state index is 0.0357. The van der Waals surface area contributed by atoms with Gasteiger partial charge in [0.15, 0.2) is 0 Å². The Morgan fingerprint density at radius 1 is 1.29 bits per heavy atom. The lowest BCUT2D eigenvalue weighted by Gasteiger charge is -2.35. The summed E-state index contributed by atoms with van der Waals surface area (Å²) in [4.78, 5) is 36.3. The number of carbonyl (C=O) groups is 2. The summed E-state index contributed by atoms with van der Waals surface area (Å²) in [7, 11) is 0. The molecule has 0 aliphatic carbocycles. The number of nitrogens with zero attached hydrogens (tertiary/aromatic N) is 6. The van der Waals surface area contributed by atoms with Gasteiger partial charge in [-0.3, -0.25) is 19.3 Å². The van der Waals surface area contributed by atoms with Gasteiger partial charge < -0.3 is 9.80 Å². The Morgan fingerprint density at radius 3 is 2.96 bits per heavy atom. The maximum Gasteiger partial charge on any atom is 0.274 e. The highest BCUT2D eigenvalue weighted by Crippen LogP contribution is 2.24. The molecule has 2 aliphatic heterocycles. The Bertz CT molecular complexity index is 759. The molecule has 1 atom stereocenters. The van der Waals surface area contributed by atoms with Crippen molar-refractivity contribution < 1.29 is 9.59 Å². The summed E-state index contributed by atoms with van der Waals surface area (Å²) in [5.41, 5.74) is 1.30. The predicted octanol–water partition coefficient (Wildman–Crippen LogP) is 0.493. The molecule has 0 radical (unpaired) electrons. The van der Waals surface area contributed by atoms with Crippen LogP contribution in [0.5, 0.6) is 0 Å². The first-order valence-electron chi connectivity index (χ1n) is 8.08. The SMILES string of the molecule is O=C1CCCN1CC1CN(C(=O)c2cnccn2)Cc2ccnn21. The number of hydrogen-bond acceptors (Lipinski definition) is 5.